The van der Waals surface area contributed by atoms with Gasteiger partial charge in [0.1, 0.15) is 5.84 Å². The third kappa shape index (κ3) is 3.80. The Balaban J connectivity index is 1.96. The second-order valence-corrected chi connectivity index (χ2v) is 5.94. The number of nitrogens with two attached hydrogens (primary N) is 1. The predicted octanol–water partition coefficient (Wildman–Crippen LogP) is 2.98. The quantitative estimate of drug-likeness (QED) is 0.645. The van der Waals surface area contributed by atoms with E-state index in [-0.39, 0.29) is 5.84 Å². The first-order valence-corrected chi connectivity index (χ1v) is 7.20. The Labute approximate surface area is 116 Å². The number of rotatable bonds is 4. The standard InChI is InChI=1S/C16H25N3/c1-12-6-8-15(9-7-12)19(2)11-13-4-3-5-14(10-13)16(17)18/h3-5,10,12,15H,6-9,11H2,1-2H3,(H3,17,18). The molecular weight excluding hydrogens is 234 g/mol. The number of nitrogens with zero attached hydrogens (tertiary/aromatic N) is 1. The number of hydrogen-bond donors (Lipinski definition) is 2. The zero-order valence-corrected chi connectivity index (χ0v) is 12.0. The van der Waals surface area contributed by atoms with Gasteiger partial charge in [-0.1, -0.05) is 25.1 Å². The molecule has 0 amide bonds. The van der Waals surface area contributed by atoms with Crippen molar-refractivity contribution >= 4 is 5.84 Å². The van der Waals surface area contributed by atoms with Crippen LogP contribution >= 0.6 is 0 Å². The molecular formula is C16H25N3. The van der Waals surface area contributed by atoms with E-state index in [0.29, 0.717) is 6.04 Å². The summed E-state index contributed by atoms with van der Waals surface area (Å²) in [4.78, 5) is 2.45. The maximum atomic E-state index is 7.50. The Morgan fingerprint density at radius 1 is 1.32 bits per heavy atom. The van der Waals surface area contributed by atoms with Crippen LogP contribution in [-0.2, 0) is 6.54 Å². The van der Waals surface area contributed by atoms with Crippen LogP contribution in [0.5, 0.6) is 0 Å². The lowest BCUT2D eigenvalue weighted by atomic mass is 9.86. The van der Waals surface area contributed by atoms with Gasteiger partial charge in [-0.25, -0.2) is 0 Å². The van der Waals surface area contributed by atoms with E-state index >= 15 is 0 Å². The maximum absolute atomic E-state index is 7.50. The van der Waals surface area contributed by atoms with Crippen molar-refractivity contribution in [2.45, 2.75) is 45.2 Å². The molecule has 0 spiro atoms. The highest BCUT2D eigenvalue weighted by Gasteiger charge is 2.21. The third-order valence-electron chi connectivity index (χ3n) is 4.28. The molecule has 1 fully saturated rings. The van der Waals surface area contributed by atoms with Crippen LogP contribution in [0.3, 0.4) is 0 Å². The van der Waals surface area contributed by atoms with Crippen LogP contribution in [0.15, 0.2) is 24.3 Å². The van der Waals surface area contributed by atoms with E-state index in [4.69, 9.17) is 11.1 Å². The smallest absolute Gasteiger partial charge is 0.122 e. The minimum absolute atomic E-state index is 0.149. The van der Waals surface area contributed by atoms with E-state index in [1.807, 2.05) is 18.2 Å². The minimum Gasteiger partial charge on any atom is -0.384 e. The lowest BCUT2D eigenvalue weighted by Crippen LogP contribution is -2.34. The number of nitrogens with one attached hydrogen (secondary N) is 1. The molecule has 3 nitrogen and oxygen atoms in total. The summed E-state index contributed by atoms with van der Waals surface area (Å²) < 4.78 is 0. The van der Waals surface area contributed by atoms with E-state index in [1.165, 1.54) is 31.2 Å². The zero-order valence-electron chi connectivity index (χ0n) is 12.0. The molecule has 1 aromatic rings. The minimum atomic E-state index is 0.149. The average Bonchev–Trinajstić information content (AvgIpc) is 2.39. The van der Waals surface area contributed by atoms with Crippen LogP contribution in [0.2, 0.25) is 0 Å². The summed E-state index contributed by atoms with van der Waals surface area (Å²) >= 11 is 0. The number of amidine groups is 1. The molecule has 104 valence electrons. The summed E-state index contributed by atoms with van der Waals surface area (Å²) in [6.45, 7) is 3.30. The Hall–Kier alpha value is -1.35. The molecule has 0 saturated heterocycles. The summed E-state index contributed by atoms with van der Waals surface area (Å²) in [6, 6.07) is 8.74. The average molecular weight is 259 g/mol. The molecule has 1 aliphatic carbocycles. The number of benzene rings is 1. The summed E-state index contributed by atoms with van der Waals surface area (Å²) in [5.74, 6) is 1.04. The van der Waals surface area contributed by atoms with Crippen LogP contribution < -0.4 is 5.73 Å². The maximum Gasteiger partial charge on any atom is 0.122 e. The first-order valence-electron chi connectivity index (χ1n) is 7.20. The molecule has 0 aromatic heterocycles. The molecule has 0 radical (unpaired) electrons. The molecule has 1 aliphatic rings. The Bertz CT molecular complexity index is 433. The van der Waals surface area contributed by atoms with Crippen molar-refractivity contribution in [3.8, 4) is 0 Å². The van der Waals surface area contributed by atoms with Crippen LogP contribution in [0.4, 0.5) is 0 Å². The van der Waals surface area contributed by atoms with Gasteiger partial charge in [0.25, 0.3) is 0 Å². The van der Waals surface area contributed by atoms with Gasteiger partial charge < -0.3 is 5.73 Å². The second kappa shape index (κ2) is 6.20. The lowest BCUT2D eigenvalue weighted by molar-refractivity contribution is 0.164. The Morgan fingerprint density at radius 3 is 2.63 bits per heavy atom. The molecule has 0 atom stereocenters. The summed E-state index contributed by atoms with van der Waals surface area (Å²) in [5, 5.41) is 7.50. The van der Waals surface area contributed by atoms with Gasteiger partial charge in [0.05, 0.1) is 0 Å². The van der Waals surface area contributed by atoms with E-state index in [9.17, 15) is 0 Å². The van der Waals surface area contributed by atoms with Crippen LogP contribution in [0.25, 0.3) is 0 Å². The molecule has 0 unspecified atom stereocenters. The van der Waals surface area contributed by atoms with E-state index < -0.39 is 0 Å². The Morgan fingerprint density at radius 2 is 2.00 bits per heavy atom. The molecule has 1 saturated carbocycles. The van der Waals surface area contributed by atoms with Gasteiger partial charge in [-0.15, -0.1) is 0 Å². The molecule has 0 bridgehead atoms. The highest BCUT2D eigenvalue weighted by atomic mass is 15.1. The van der Waals surface area contributed by atoms with Crippen LogP contribution in [-0.4, -0.2) is 23.8 Å². The summed E-state index contributed by atoms with van der Waals surface area (Å²) in [6.07, 6.45) is 5.32. The lowest BCUT2D eigenvalue weighted by Gasteiger charge is -2.33. The third-order valence-corrected chi connectivity index (χ3v) is 4.28. The molecule has 3 heteroatoms. The number of nitrogen functional groups attached to an aromatic ring is 1. The van der Waals surface area contributed by atoms with E-state index in [1.54, 1.807) is 0 Å². The predicted molar refractivity (Wildman–Crippen MR) is 80.3 cm³/mol. The first-order chi connectivity index (χ1) is 9.06. The van der Waals surface area contributed by atoms with Crippen molar-refractivity contribution in [2.75, 3.05) is 7.05 Å². The van der Waals surface area contributed by atoms with Crippen molar-refractivity contribution in [1.82, 2.24) is 4.90 Å². The topological polar surface area (TPSA) is 53.1 Å². The first kappa shape index (κ1) is 14.1. The van der Waals surface area contributed by atoms with Crippen molar-refractivity contribution in [3.05, 3.63) is 35.4 Å². The SMILES string of the molecule is CC1CCC(N(C)Cc2cccc(C(=N)N)c2)CC1. The second-order valence-electron chi connectivity index (χ2n) is 5.94. The van der Waals surface area contributed by atoms with Gasteiger partial charge in [-0.3, -0.25) is 10.3 Å². The highest BCUT2D eigenvalue weighted by molar-refractivity contribution is 5.95. The number of hydrogen-bond acceptors (Lipinski definition) is 2. The van der Waals surface area contributed by atoms with Crippen molar-refractivity contribution in [1.29, 1.82) is 5.41 Å². The molecule has 1 aromatic carbocycles. The fourth-order valence-electron chi connectivity index (χ4n) is 2.94. The van der Waals surface area contributed by atoms with Crippen LogP contribution in [0, 0.1) is 11.3 Å². The van der Waals surface area contributed by atoms with Gasteiger partial charge in [0.15, 0.2) is 0 Å². The molecule has 19 heavy (non-hydrogen) atoms. The summed E-state index contributed by atoms with van der Waals surface area (Å²) in [5.41, 5.74) is 7.61. The molecule has 2 rings (SSSR count). The fourth-order valence-corrected chi connectivity index (χ4v) is 2.94. The Kier molecular flexibility index (Phi) is 4.59. The zero-order chi connectivity index (χ0) is 13.8. The van der Waals surface area contributed by atoms with Gasteiger partial charge in [0.2, 0.25) is 0 Å². The monoisotopic (exact) mass is 259 g/mol. The van der Waals surface area contributed by atoms with Crippen LogP contribution in [0.1, 0.15) is 43.7 Å². The van der Waals surface area contributed by atoms with Gasteiger partial charge in [0, 0.05) is 18.2 Å². The highest BCUT2D eigenvalue weighted by Crippen LogP contribution is 2.27. The van der Waals surface area contributed by atoms with Gasteiger partial charge in [-0.2, -0.15) is 0 Å². The molecule has 0 heterocycles. The molecule has 0 aliphatic heterocycles. The van der Waals surface area contributed by atoms with Crippen molar-refractivity contribution in [2.24, 2.45) is 11.7 Å². The molecule has 3 N–H and O–H groups in total. The fraction of sp³-hybridized carbons (Fsp3) is 0.562. The van der Waals surface area contributed by atoms with E-state index in [2.05, 4.69) is 24.9 Å². The summed E-state index contributed by atoms with van der Waals surface area (Å²) in [7, 11) is 2.21. The largest absolute Gasteiger partial charge is 0.384 e. The van der Waals surface area contributed by atoms with Gasteiger partial charge >= 0.3 is 0 Å². The van der Waals surface area contributed by atoms with Gasteiger partial charge in [-0.05, 0) is 50.3 Å². The van der Waals surface area contributed by atoms with Crippen molar-refractivity contribution in [3.63, 3.8) is 0 Å². The van der Waals surface area contributed by atoms with Crippen molar-refractivity contribution < 1.29 is 0 Å². The van der Waals surface area contributed by atoms with E-state index in [0.717, 1.165) is 18.0 Å². The normalized spacial score (nSPS) is 23.5.